The van der Waals surface area contributed by atoms with Crippen molar-refractivity contribution in [2.45, 2.75) is 17.8 Å². The van der Waals surface area contributed by atoms with E-state index in [-0.39, 0.29) is 17.8 Å². The summed E-state index contributed by atoms with van der Waals surface area (Å²) in [5, 5.41) is 9.01. The zero-order chi connectivity index (χ0) is 13.8. The van der Waals surface area contributed by atoms with Crippen molar-refractivity contribution in [3.05, 3.63) is 35.9 Å². The van der Waals surface area contributed by atoms with Gasteiger partial charge < -0.3 is 15.7 Å². The topological polar surface area (TPSA) is 83.6 Å². The van der Waals surface area contributed by atoms with Crippen LogP contribution >= 0.6 is 11.8 Å². The van der Waals surface area contributed by atoms with Crippen LogP contribution in [0.1, 0.15) is 5.56 Å². The van der Waals surface area contributed by atoms with Gasteiger partial charge in [0.25, 0.3) is 0 Å². The maximum atomic E-state index is 11.9. The maximum Gasteiger partial charge on any atom is 0.327 e. The van der Waals surface area contributed by atoms with Gasteiger partial charge in [-0.25, -0.2) is 4.79 Å². The van der Waals surface area contributed by atoms with Crippen LogP contribution in [0.25, 0.3) is 0 Å². The van der Waals surface area contributed by atoms with Crippen LogP contribution in [0.3, 0.4) is 0 Å². The summed E-state index contributed by atoms with van der Waals surface area (Å²) in [6.45, 7) is -0.157. The summed E-state index contributed by atoms with van der Waals surface area (Å²) in [7, 11) is 0. The summed E-state index contributed by atoms with van der Waals surface area (Å²) in [6, 6.07) is 8.96. The van der Waals surface area contributed by atoms with Crippen LogP contribution in [0.4, 0.5) is 0 Å². The molecule has 0 bridgehead atoms. The summed E-state index contributed by atoms with van der Waals surface area (Å²) in [5.41, 5.74) is 6.46. The second kappa shape index (κ2) is 6.08. The van der Waals surface area contributed by atoms with E-state index in [4.69, 9.17) is 10.8 Å². The molecule has 102 valence electrons. The average Bonchev–Trinajstić information content (AvgIpc) is 2.83. The highest BCUT2D eigenvalue weighted by Gasteiger charge is 2.40. The molecule has 2 atom stereocenters. The lowest BCUT2D eigenvalue weighted by Crippen LogP contribution is -2.48. The number of hydrogen-bond donors (Lipinski definition) is 2. The molecule has 1 heterocycles. The molecular formula is C13H16N2O3S. The average molecular weight is 280 g/mol. The van der Waals surface area contributed by atoms with Crippen LogP contribution in [-0.4, -0.2) is 45.6 Å². The molecule has 1 aliphatic heterocycles. The fraction of sp³-hybridized carbons (Fsp3) is 0.385. The van der Waals surface area contributed by atoms with Crippen molar-refractivity contribution in [3.8, 4) is 0 Å². The number of amides is 1. The van der Waals surface area contributed by atoms with Gasteiger partial charge in [0, 0.05) is 12.2 Å². The van der Waals surface area contributed by atoms with Crippen LogP contribution in [0.5, 0.6) is 0 Å². The summed E-state index contributed by atoms with van der Waals surface area (Å²) in [6.07, 6.45) is 0.640. The first-order valence-corrected chi connectivity index (χ1v) is 7.08. The number of rotatable bonds is 4. The lowest BCUT2D eigenvalue weighted by Gasteiger charge is -2.27. The third kappa shape index (κ3) is 3.08. The number of carboxylic acid groups (broad SMARTS) is 1. The van der Waals surface area contributed by atoms with Crippen molar-refractivity contribution >= 4 is 23.6 Å². The standard InChI is InChI=1S/C13H16N2O3S/c14-7-11(16)15-10(13(17)18)8-19-12(15)6-9-4-2-1-3-5-9/h1-5,10,12H,6-8,14H2,(H,17,18)/t10-,12?/m0/s1. The molecule has 0 saturated carbocycles. The van der Waals surface area contributed by atoms with Crippen molar-refractivity contribution in [1.29, 1.82) is 0 Å². The molecule has 1 amide bonds. The van der Waals surface area contributed by atoms with Crippen LogP contribution in [0.15, 0.2) is 30.3 Å². The van der Waals surface area contributed by atoms with Gasteiger partial charge in [0.15, 0.2) is 0 Å². The Kier molecular flexibility index (Phi) is 4.44. The molecular weight excluding hydrogens is 264 g/mol. The van der Waals surface area contributed by atoms with E-state index in [9.17, 15) is 9.59 Å². The molecule has 1 aromatic rings. The van der Waals surface area contributed by atoms with E-state index < -0.39 is 12.0 Å². The molecule has 1 fully saturated rings. The first-order chi connectivity index (χ1) is 9.13. The van der Waals surface area contributed by atoms with Gasteiger partial charge >= 0.3 is 5.97 Å². The van der Waals surface area contributed by atoms with Gasteiger partial charge in [-0.05, 0) is 5.56 Å². The highest BCUT2D eigenvalue weighted by molar-refractivity contribution is 8.00. The quantitative estimate of drug-likeness (QED) is 0.841. The van der Waals surface area contributed by atoms with Crippen molar-refractivity contribution in [1.82, 2.24) is 4.90 Å². The predicted octanol–water partition coefficient (Wildman–Crippen LogP) is 0.542. The lowest BCUT2D eigenvalue weighted by molar-refractivity contribution is -0.148. The molecule has 0 radical (unpaired) electrons. The summed E-state index contributed by atoms with van der Waals surface area (Å²) >= 11 is 1.49. The van der Waals surface area contributed by atoms with Gasteiger partial charge in [0.1, 0.15) is 6.04 Å². The maximum absolute atomic E-state index is 11.9. The first kappa shape index (κ1) is 13.9. The Labute approximate surface area is 115 Å². The molecule has 3 N–H and O–H groups in total. The molecule has 1 aliphatic rings. The van der Waals surface area contributed by atoms with Crippen molar-refractivity contribution in [2.75, 3.05) is 12.3 Å². The van der Waals surface area contributed by atoms with Crippen molar-refractivity contribution in [2.24, 2.45) is 5.73 Å². The van der Waals surface area contributed by atoms with E-state index in [1.165, 1.54) is 16.7 Å². The number of nitrogens with two attached hydrogens (primary N) is 1. The first-order valence-electron chi connectivity index (χ1n) is 6.03. The van der Waals surface area contributed by atoms with Crippen LogP contribution < -0.4 is 5.73 Å². The molecule has 0 spiro atoms. The third-order valence-electron chi connectivity index (χ3n) is 3.09. The molecule has 19 heavy (non-hydrogen) atoms. The van der Waals surface area contributed by atoms with Crippen molar-refractivity contribution < 1.29 is 14.7 Å². The van der Waals surface area contributed by atoms with Crippen LogP contribution in [0, 0.1) is 0 Å². The smallest absolute Gasteiger partial charge is 0.327 e. The van der Waals surface area contributed by atoms with Gasteiger partial charge in [-0.1, -0.05) is 30.3 Å². The van der Waals surface area contributed by atoms with Crippen molar-refractivity contribution in [3.63, 3.8) is 0 Å². The SMILES string of the molecule is NCC(=O)N1C(Cc2ccccc2)SC[C@H]1C(=O)O. The van der Waals surface area contributed by atoms with Gasteiger partial charge in [-0.15, -0.1) is 11.8 Å². The fourth-order valence-electron chi connectivity index (χ4n) is 2.17. The molecule has 5 nitrogen and oxygen atoms in total. The van der Waals surface area contributed by atoms with Crippen LogP contribution in [0.2, 0.25) is 0 Å². The third-order valence-corrected chi connectivity index (χ3v) is 4.38. The Morgan fingerprint density at radius 2 is 2.05 bits per heavy atom. The molecule has 2 rings (SSSR count). The normalized spacial score (nSPS) is 22.5. The Bertz CT molecular complexity index is 466. The minimum atomic E-state index is -0.968. The number of aliphatic carboxylic acids is 1. The Morgan fingerprint density at radius 3 is 2.63 bits per heavy atom. The monoisotopic (exact) mass is 280 g/mol. The number of thioether (sulfide) groups is 1. The number of nitrogens with zero attached hydrogens (tertiary/aromatic N) is 1. The van der Waals surface area contributed by atoms with E-state index in [0.717, 1.165) is 5.56 Å². The van der Waals surface area contributed by atoms with E-state index in [1.54, 1.807) is 0 Å². The highest BCUT2D eigenvalue weighted by atomic mass is 32.2. The molecule has 0 aromatic heterocycles. The zero-order valence-corrected chi connectivity index (χ0v) is 11.2. The van der Waals surface area contributed by atoms with E-state index >= 15 is 0 Å². The number of benzene rings is 1. The van der Waals surface area contributed by atoms with Crippen LogP contribution in [-0.2, 0) is 16.0 Å². The number of hydrogen-bond acceptors (Lipinski definition) is 4. The number of carbonyl (C=O) groups is 2. The van der Waals surface area contributed by atoms with E-state index in [2.05, 4.69) is 0 Å². The minimum Gasteiger partial charge on any atom is -0.480 e. The summed E-state index contributed by atoms with van der Waals surface area (Å²) < 4.78 is 0. The summed E-state index contributed by atoms with van der Waals surface area (Å²) in [5.74, 6) is -0.860. The van der Waals surface area contributed by atoms with Gasteiger partial charge in [0.2, 0.25) is 5.91 Å². The largest absolute Gasteiger partial charge is 0.480 e. The number of carboxylic acids is 1. The Morgan fingerprint density at radius 1 is 1.37 bits per heavy atom. The van der Waals surface area contributed by atoms with Gasteiger partial charge in [-0.3, -0.25) is 4.79 Å². The van der Waals surface area contributed by atoms with E-state index in [1.807, 2.05) is 30.3 Å². The predicted molar refractivity (Wildman–Crippen MR) is 73.7 cm³/mol. The fourth-order valence-corrected chi connectivity index (χ4v) is 3.61. The molecule has 1 aromatic carbocycles. The Hall–Kier alpha value is -1.53. The molecule has 6 heteroatoms. The summed E-state index contributed by atoms with van der Waals surface area (Å²) in [4.78, 5) is 24.5. The number of carbonyl (C=O) groups excluding carboxylic acids is 1. The minimum absolute atomic E-state index is 0.153. The molecule has 1 unspecified atom stereocenters. The lowest BCUT2D eigenvalue weighted by atomic mass is 10.1. The van der Waals surface area contributed by atoms with E-state index in [0.29, 0.717) is 12.2 Å². The van der Waals surface area contributed by atoms with Gasteiger partial charge in [0.05, 0.1) is 11.9 Å². The van der Waals surface area contributed by atoms with Gasteiger partial charge in [-0.2, -0.15) is 0 Å². The second-order valence-corrected chi connectivity index (χ2v) is 5.55. The zero-order valence-electron chi connectivity index (χ0n) is 10.4. The second-order valence-electron chi connectivity index (χ2n) is 4.34. The Balaban J connectivity index is 2.15. The molecule has 0 aliphatic carbocycles. The molecule has 1 saturated heterocycles. The highest BCUT2D eigenvalue weighted by Crippen LogP contribution is 2.31.